The van der Waals surface area contributed by atoms with Gasteiger partial charge in [0, 0.05) is 54.4 Å². The van der Waals surface area contributed by atoms with E-state index in [-0.39, 0.29) is 18.0 Å². The first-order chi connectivity index (χ1) is 29.1. The molecule has 0 radical (unpaired) electrons. The van der Waals surface area contributed by atoms with E-state index in [1.165, 1.54) is 18.2 Å². The van der Waals surface area contributed by atoms with Gasteiger partial charge in [-0.2, -0.15) is 0 Å². The van der Waals surface area contributed by atoms with Crippen LogP contribution < -0.4 is 5.73 Å². The number of ether oxygens (including phenoxy) is 1. The van der Waals surface area contributed by atoms with E-state index in [1.54, 1.807) is 56.1 Å². The first kappa shape index (κ1) is 40.1. The smallest absolute Gasteiger partial charge is 0.405 e. The number of carbonyl (C=O) groups is 3. The van der Waals surface area contributed by atoms with E-state index in [0.29, 0.717) is 29.5 Å². The lowest BCUT2D eigenvalue weighted by atomic mass is 9.93. The van der Waals surface area contributed by atoms with Gasteiger partial charge in [-0.25, -0.2) is 24.7 Å². The summed E-state index contributed by atoms with van der Waals surface area (Å²) in [6.07, 6.45) is 11.3. The van der Waals surface area contributed by atoms with Gasteiger partial charge >= 0.3 is 6.09 Å². The molecule has 14 nitrogen and oxygen atoms in total. The second-order valence-electron chi connectivity index (χ2n) is 15.7. The third kappa shape index (κ3) is 8.15. The van der Waals surface area contributed by atoms with Gasteiger partial charge < -0.3 is 30.2 Å². The maximum atomic E-state index is 14.3. The van der Waals surface area contributed by atoms with E-state index in [9.17, 15) is 14.4 Å². The number of nitrogens with one attached hydrogen (secondary N) is 2. The zero-order valence-corrected chi connectivity index (χ0v) is 34.1. The number of aromatic nitrogens is 6. The van der Waals surface area contributed by atoms with Crippen LogP contribution in [0.2, 0.25) is 0 Å². The van der Waals surface area contributed by atoms with Gasteiger partial charge in [0.25, 0.3) is 5.91 Å². The molecule has 60 heavy (non-hydrogen) atoms. The Morgan fingerprint density at radius 2 is 1.50 bits per heavy atom. The number of hydrogen-bond donors (Lipinski definition) is 3. The van der Waals surface area contributed by atoms with Crippen molar-refractivity contribution in [1.82, 2.24) is 44.6 Å². The minimum absolute atomic E-state index is 0.128. The Morgan fingerprint density at radius 1 is 0.833 bits per heavy atom. The third-order valence-electron chi connectivity index (χ3n) is 11.9. The van der Waals surface area contributed by atoms with Crippen LogP contribution in [0.15, 0.2) is 110 Å². The fraction of sp³-hybridized carbons (Fsp3) is 0.326. The normalized spacial score (nSPS) is 17.7. The van der Waals surface area contributed by atoms with E-state index < -0.39 is 23.6 Å². The predicted molar refractivity (Wildman–Crippen MR) is 227 cm³/mol. The van der Waals surface area contributed by atoms with Crippen LogP contribution in [-0.4, -0.2) is 89.2 Å². The number of rotatable bonds is 12. The van der Waals surface area contributed by atoms with Gasteiger partial charge in [-0.3, -0.25) is 14.5 Å². The third-order valence-corrected chi connectivity index (χ3v) is 11.9. The molecule has 0 saturated carbocycles. The first-order valence-electron chi connectivity index (χ1n) is 20.5. The minimum atomic E-state index is -1.62. The highest BCUT2D eigenvalue weighted by Crippen LogP contribution is 2.37. The molecule has 0 spiro atoms. The lowest BCUT2D eigenvalue weighted by molar-refractivity contribution is -0.151. The molecule has 3 aromatic carbocycles. The highest BCUT2D eigenvalue weighted by atomic mass is 16.6. The van der Waals surface area contributed by atoms with Crippen molar-refractivity contribution < 1.29 is 19.1 Å². The number of H-pyrrole nitrogens is 2. The maximum absolute atomic E-state index is 14.3. The topological polar surface area (TPSA) is 179 Å². The molecule has 2 fully saturated rings. The zero-order valence-electron chi connectivity index (χ0n) is 34.1. The number of nitrogens with zero attached hydrogens (tertiary/aromatic N) is 7. The van der Waals surface area contributed by atoms with Crippen LogP contribution in [-0.2, 0) is 19.9 Å². The summed E-state index contributed by atoms with van der Waals surface area (Å²) >= 11 is 0. The largest absolute Gasteiger partial charge is 0.428 e. The van der Waals surface area contributed by atoms with Crippen molar-refractivity contribution in [2.75, 3.05) is 26.7 Å². The molecular weight excluding hydrogens is 757 g/mol. The van der Waals surface area contributed by atoms with Gasteiger partial charge in [0.2, 0.25) is 11.5 Å². The number of imidazole rings is 2. The molecule has 3 aromatic heterocycles. The summed E-state index contributed by atoms with van der Waals surface area (Å²) in [5.41, 5.74) is 9.29. The quantitative estimate of drug-likeness (QED) is 0.114. The van der Waals surface area contributed by atoms with Crippen LogP contribution in [0.4, 0.5) is 4.79 Å². The van der Waals surface area contributed by atoms with Crippen molar-refractivity contribution in [3.8, 4) is 33.9 Å². The summed E-state index contributed by atoms with van der Waals surface area (Å²) in [7, 11) is 1.64. The van der Waals surface area contributed by atoms with Crippen molar-refractivity contribution in [2.24, 2.45) is 5.73 Å². The number of aromatic amines is 2. The number of hydrogen-bond acceptors (Lipinski definition) is 9. The number of likely N-dealkylation sites (N-methyl/N-ethyl adjacent to an activating group) is 1. The second kappa shape index (κ2) is 17.3. The Labute approximate surface area is 349 Å². The van der Waals surface area contributed by atoms with Crippen LogP contribution in [0.1, 0.15) is 86.9 Å². The van der Waals surface area contributed by atoms with E-state index in [2.05, 4.69) is 37.0 Å². The highest BCUT2D eigenvalue weighted by molar-refractivity contribution is 5.88. The molecular formula is C46H50N10O4. The fourth-order valence-corrected chi connectivity index (χ4v) is 8.43. The highest BCUT2D eigenvalue weighted by Gasteiger charge is 2.43. The molecule has 2 aliphatic rings. The fourth-order valence-electron chi connectivity index (χ4n) is 8.43. The molecule has 4 atom stereocenters. The molecule has 0 aliphatic carbocycles. The van der Waals surface area contributed by atoms with Crippen LogP contribution in [0.5, 0.6) is 0 Å². The van der Waals surface area contributed by atoms with E-state index >= 15 is 0 Å². The molecule has 8 rings (SSSR count). The number of primary amides is 1. The Balaban J connectivity index is 0.927. The van der Waals surface area contributed by atoms with Crippen LogP contribution in [0.25, 0.3) is 33.9 Å². The molecule has 308 valence electrons. The molecule has 0 bridgehead atoms. The van der Waals surface area contributed by atoms with Gasteiger partial charge in [-0.05, 0) is 58.2 Å². The number of carbonyl (C=O) groups excluding carboxylic acids is 3. The van der Waals surface area contributed by atoms with Crippen LogP contribution in [0.3, 0.4) is 0 Å². The average Bonchev–Trinajstić information content (AvgIpc) is 4.09. The van der Waals surface area contributed by atoms with Gasteiger partial charge in [-0.15, -0.1) is 0 Å². The van der Waals surface area contributed by atoms with E-state index in [0.717, 1.165) is 72.5 Å². The van der Waals surface area contributed by atoms with Crippen molar-refractivity contribution in [3.63, 3.8) is 0 Å². The number of benzene rings is 3. The standard InChI is InChI=1S/C46H50N10O4/c1-30(54(3)44(58)46(2,60-45(47)59)35-16-9-5-10-17-35)40-50-28-36(52-40)31-19-21-33(22-20-31)41-48-26-34(27-49-41)37-29-51-42(53-37)38-18-13-25-56(38)43(57)39(32-14-7-4-8-15-32)55-23-11-6-12-24-55/h4-5,7-10,14-17,19-22,26-30,38-39H,6,11-13,18,23-25H2,1-3H3,(H2,47,59)(H,50,52)(H,51,53)/t30-,38-,39+,46+/m0/s1. The van der Waals surface area contributed by atoms with Gasteiger partial charge in [0.1, 0.15) is 17.7 Å². The number of piperidine rings is 1. The predicted octanol–water partition coefficient (Wildman–Crippen LogP) is 7.34. The van der Waals surface area contributed by atoms with Crippen molar-refractivity contribution in [1.29, 1.82) is 0 Å². The molecule has 5 heterocycles. The Kier molecular flexibility index (Phi) is 11.6. The molecule has 6 aromatic rings. The summed E-state index contributed by atoms with van der Waals surface area (Å²) in [5.74, 6) is 1.59. The molecule has 14 heteroatoms. The average molecular weight is 807 g/mol. The van der Waals surface area contributed by atoms with Crippen molar-refractivity contribution >= 4 is 17.9 Å². The van der Waals surface area contributed by atoms with Crippen LogP contribution in [0, 0.1) is 0 Å². The van der Waals surface area contributed by atoms with E-state index in [1.807, 2.05) is 60.4 Å². The number of likely N-dealkylation sites (tertiary alicyclic amines) is 2. The molecule has 0 unspecified atom stereocenters. The Morgan fingerprint density at radius 3 is 2.18 bits per heavy atom. The summed E-state index contributed by atoms with van der Waals surface area (Å²) in [5, 5.41) is 0. The van der Waals surface area contributed by atoms with Gasteiger partial charge in [-0.1, -0.05) is 91.3 Å². The van der Waals surface area contributed by atoms with Gasteiger partial charge in [0.05, 0.1) is 29.7 Å². The van der Waals surface area contributed by atoms with Crippen molar-refractivity contribution in [3.05, 3.63) is 132 Å². The Hall–Kier alpha value is -6.67. The lowest BCUT2D eigenvalue weighted by Crippen LogP contribution is -2.48. The van der Waals surface area contributed by atoms with Gasteiger partial charge in [0.15, 0.2) is 5.82 Å². The number of nitrogens with two attached hydrogens (primary N) is 1. The van der Waals surface area contributed by atoms with E-state index in [4.69, 9.17) is 20.4 Å². The Bertz CT molecular complexity index is 2410. The monoisotopic (exact) mass is 806 g/mol. The first-order valence-corrected chi connectivity index (χ1v) is 20.5. The lowest BCUT2D eigenvalue weighted by Gasteiger charge is -2.37. The molecule has 2 aliphatic heterocycles. The molecule has 4 N–H and O–H groups in total. The molecule has 3 amide bonds. The zero-order chi connectivity index (χ0) is 41.8. The van der Waals surface area contributed by atoms with Crippen molar-refractivity contribution in [2.45, 2.75) is 69.7 Å². The summed E-state index contributed by atoms with van der Waals surface area (Å²) in [4.78, 5) is 71.4. The maximum Gasteiger partial charge on any atom is 0.405 e. The SMILES string of the molecule is C[C@@H](c1nc(-c2ccc(-c3ncc(-c4cnc([C@@H]5CCCN5C(=O)[C@@H](c5ccccc5)N5CCCCC5)[nH]4)cn3)cc2)c[nH]1)N(C)C(=O)[C@](C)(OC(N)=O)c1ccccc1. The molecule has 2 saturated heterocycles. The second-order valence-corrected chi connectivity index (χ2v) is 15.7. The number of amides is 3. The summed E-state index contributed by atoms with van der Waals surface area (Å²) in [6.45, 7) is 5.93. The summed E-state index contributed by atoms with van der Waals surface area (Å²) in [6, 6.07) is 25.8. The minimum Gasteiger partial charge on any atom is -0.428 e. The van der Waals surface area contributed by atoms with Crippen LogP contribution >= 0.6 is 0 Å². The summed E-state index contributed by atoms with van der Waals surface area (Å²) < 4.78 is 5.40.